The average molecular weight is 915 g/mol. The number of furan rings is 1. The second kappa shape index (κ2) is 16.3. The number of ketones is 1. The van der Waals surface area contributed by atoms with Gasteiger partial charge in [-0.2, -0.15) is 11.3 Å². The molecule has 0 fully saturated rings. The third-order valence-electron chi connectivity index (χ3n) is 11.3. The third-order valence-corrected chi connectivity index (χ3v) is 13.5. The van der Waals surface area contributed by atoms with Gasteiger partial charge in [-0.15, -0.1) is 34.9 Å². The fraction of sp³-hybridized carbons (Fsp3) is 0.467. The van der Waals surface area contributed by atoms with Gasteiger partial charge in [0.1, 0.15) is 16.9 Å². The number of fused-ring (bicyclic) bond motifs is 6. The van der Waals surface area contributed by atoms with E-state index in [1.54, 1.807) is 11.3 Å². The van der Waals surface area contributed by atoms with Crippen molar-refractivity contribution in [1.82, 2.24) is 4.98 Å². The van der Waals surface area contributed by atoms with E-state index in [2.05, 4.69) is 77.3 Å². The molecule has 4 nitrogen and oxygen atoms in total. The molecular formula is C45H56IrNO3S2-. The van der Waals surface area contributed by atoms with Crippen LogP contribution >= 0.6 is 22.7 Å². The molecule has 1 N–H and O–H groups in total. The number of benzene rings is 2. The van der Waals surface area contributed by atoms with Gasteiger partial charge < -0.3 is 9.52 Å². The summed E-state index contributed by atoms with van der Waals surface area (Å²) < 4.78 is 9.17. The van der Waals surface area contributed by atoms with Crippen molar-refractivity contribution in [2.75, 3.05) is 0 Å². The Morgan fingerprint density at radius 3 is 2.21 bits per heavy atom. The number of nitrogens with zero attached hydrogens (tertiary/aromatic N) is 1. The maximum absolute atomic E-state index is 12.2. The molecule has 1 radical (unpaired) electrons. The van der Waals surface area contributed by atoms with E-state index in [1.165, 1.54) is 36.9 Å². The number of pyridine rings is 1. The summed E-state index contributed by atoms with van der Waals surface area (Å²) in [5.41, 5.74) is 5.98. The van der Waals surface area contributed by atoms with E-state index in [-0.39, 0.29) is 47.9 Å². The molecule has 0 bridgehead atoms. The Kier molecular flexibility index (Phi) is 13.1. The van der Waals surface area contributed by atoms with Gasteiger partial charge in [0.05, 0.1) is 0 Å². The maximum Gasteiger partial charge on any atom is 0.164 e. The number of aryl methyl sites for hydroxylation is 1. The van der Waals surface area contributed by atoms with Crippen LogP contribution in [0.5, 0.6) is 0 Å². The normalized spacial score (nSPS) is 12.9. The first-order chi connectivity index (χ1) is 24.0. The number of allylic oxidation sites excluding steroid dienone is 2. The second-order valence-electron chi connectivity index (χ2n) is 16.1. The monoisotopic (exact) mass is 915 g/mol. The van der Waals surface area contributed by atoms with Gasteiger partial charge >= 0.3 is 0 Å². The topological polar surface area (TPSA) is 63.3 Å². The van der Waals surface area contributed by atoms with Gasteiger partial charge in [-0.05, 0) is 84.2 Å². The maximum atomic E-state index is 12.2. The Balaban J connectivity index is 0.000000289. The summed E-state index contributed by atoms with van der Waals surface area (Å²) in [7, 11) is 0. The first-order valence-electron chi connectivity index (χ1n) is 18.6. The fourth-order valence-corrected chi connectivity index (χ4v) is 9.20. The van der Waals surface area contributed by atoms with Crippen LogP contribution in [0.4, 0.5) is 0 Å². The molecule has 6 rings (SSSR count). The quantitative estimate of drug-likeness (QED) is 0.0845. The molecule has 0 amide bonds. The molecule has 281 valence electrons. The molecule has 0 aliphatic carbocycles. The number of aromatic nitrogens is 1. The van der Waals surface area contributed by atoms with Gasteiger partial charge in [-0.1, -0.05) is 87.3 Å². The number of aliphatic hydroxyl groups is 1. The fourth-order valence-electron chi connectivity index (χ4n) is 6.70. The van der Waals surface area contributed by atoms with Gasteiger partial charge in [-0.25, -0.2) is 0 Å². The largest absolute Gasteiger partial charge is 0.512 e. The number of aliphatic hydroxyl groups excluding tert-OH is 1. The molecule has 6 aromatic rings. The number of hydrogen-bond acceptors (Lipinski definition) is 6. The Labute approximate surface area is 332 Å². The average Bonchev–Trinajstić information content (AvgIpc) is 3.81. The van der Waals surface area contributed by atoms with Crippen molar-refractivity contribution in [2.45, 2.75) is 121 Å². The number of carbonyl (C=O) groups excluding carboxylic acids is 1. The molecule has 0 saturated carbocycles. The van der Waals surface area contributed by atoms with Crippen molar-refractivity contribution >= 4 is 70.6 Å². The van der Waals surface area contributed by atoms with Crippen molar-refractivity contribution in [3.8, 4) is 11.3 Å². The van der Waals surface area contributed by atoms with Crippen molar-refractivity contribution in [2.24, 2.45) is 16.7 Å². The van der Waals surface area contributed by atoms with E-state index >= 15 is 0 Å². The van der Waals surface area contributed by atoms with Gasteiger partial charge in [-0.3, -0.25) is 9.78 Å². The first-order valence-corrected chi connectivity index (χ1v) is 20.3. The van der Waals surface area contributed by atoms with Crippen molar-refractivity contribution in [1.29, 1.82) is 0 Å². The Hall–Kier alpha value is -2.83. The minimum absolute atomic E-state index is 0. The van der Waals surface area contributed by atoms with E-state index in [4.69, 9.17) is 9.40 Å². The molecule has 4 aromatic heterocycles. The van der Waals surface area contributed by atoms with Crippen LogP contribution in [0.1, 0.15) is 118 Å². The molecule has 2 aromatic carbocycles. The number of thiophene rings is 2. The molecule has 0 saturated heterocycles. The SMILES string of the molecule is CCC(C)(CC)C(=O)/C=C(\O)C(C)(CC)CC.Cc1c(CC(C)C)sc2ccc3c(oc4ccnc(-c5[c-]c6ccsc6c(C(C)(C)C)c5)c43)c12.[Ir]. The van der Waals surface area contributed by atoms with E-state index in [0.717, 1.165) is 70.7 Å². The predicted octanol–water partition coefficient (Wildman–Crippen LogP) is 14.3. The van der Waals surface area contributed by atoms with Gasteiger partial charge in [0.2, 0.25) is 0 Å². The molecule has 0 unspecified atom stereocenters. The second-order valence-corrected chi connectivity index (χ2v) is 18.2. The molecule has 4 heterocycles. The number of hydrogen-bond donors (Lipinski definition) is 1. The zero-order valence-corrected chi connectivity index (χ0v) is 37.1. The Bertz CT molecular complexity index is 2220. The van der Waals surface area contributed by atoms with E-state index in [9.17, 15) is 9.90 Å². The molecule has 0 atom stereocenters. The van der Waals surface area contributed by atoms with E-state index < -0.39 is 0 Å². The van der Waals surface area contributed by atoms with Crippen molar-refractivity contribution in [3.05, 3.63) is 75.8 Å². The van der Waals surface area contributed by atoms with Gasteiger partial charge in [0.25, 0.3) is 0 Å². The summed E-state index contributed by atoms with van der Waals surface area (Å²) in [6.45, 7) is 25.7. The zero-order chi connectivity index (χ0) is 37.5. The minimum Gasteiger partial charge on any atom is -0.512 e. The summed E-state index contributed by atoms with van der Waals surface area (Å²) >= 11 is 3.70. The zero-order valence-electron chi connectivity index (χ0n) is 33.1. The van der Waals surface area contributed by atoms with Crippen LogP contribution in [0.2, 0.25) is 0 Å². The van der Waals surface area contributed by atoms with Gasteiger partial charge in [0.15, 0.2) is 5.78 Å². The summed E-state index contributed by atoms with van der Waals surface area (Å²) in [4.78, 5) is 18.5. The minimum atomic E-state index is -0.337. The van der Waals surface area contributed by atoms with Crippen LogP contribution in [-0.4, -0.2) is 15.9 Å². The molecule has 52 heavy (non-hydrogen) atoms. The first kappa shape index (κ1) is 41.9. The summed E-state index contributed by atoms with van der Waals surface area (Å²) in [5.74, 6) is 0.919. The molecule has 7 heteroatoms. The standard InChI is InChI=1S/C30H28NOS2.C15H28O2.Ir/c1-16(2)13-24-17(3)25-23(34-24)8-7-20-26-22(32-28(20)25)9-11-31-27(26)19-14-18-10-12-33-29(18)21(15-19)30(4,5)6;1-7-14(5,8-2)12(16)11-13(17)15(6,9-3)10-4;/h7-12,15-16H,13H2,1-6H3;11,16H,7-10H2,1-6H3;/q-1;;/b;12-11-;. The van der Waals surface area contributed by atoms with Crippen molar-refractivity contribution < 1.29 is 34.4 Å². The summed E-state index contributed by atoms with van der Waals surface area (Å²) in [6, 6.07) is 14.6. The van der Waals surface area contributed by atoms with Crippen LogP contribution < -0.4 is 0 Å². The summed E-state index contributed by atoms with van der Waals surface area (Å²) in [6.07, 6.45) is 7.72. The summed E-state index contributed by atoms with van der Waals surface area (Å²) in [5, 5.41) is 16.9. The Morgan fingerprint density at radius 2 is 1.62 bits per heavy atom. The van der Waals surface area contributed by atoms with E-state index in [1.807, 2.05) is 65.1 Å². The Morgan fingerprint density at radius 1 is 0.962 bits per heavy atom. The predicted molar refractivity (Wildman–Crippen MR) is 222 cm³/mol. The molecule has 0 aliphatic rings. The third kappa shape index (κ3) is 7.99. The number of carbonyl (C=O) groups is 1. The van der Waals surface area contributed by atoms with E-state index in [0.29, 0.717) is 5.92 Å². The molecular weight excluding hydrogens is 859 g/mol. The van der Waals surface area contributed by atoms with Gasteiger partial charge in [0, 0.05) is 74.6 Å². The number of rotatable bonds is 10. The van der Waals surface area contributed by atoms with Crippen molar-refractivity contribution in [3.63, 3.8) is 0 Å². The van der Waals surface area contributed by atoms with Crippen LogP contribution in [0.3, 0.4) is 0 Å². The molecule has 0 spiro atoms. The smallest absolute Gasteiger partial charge is 0.164 e. The van der Waals surface area contributed by atoms with Crippen LogP contribution in [0.15, 0.2) is 58.2 Å². The molecule has 0 aliphatic heterocycles. The van der Waals surface area contributed by atoms with Crippen LogP contribution in [-0.2, 0) is 36.7 Å². The van der Waals surface area contributed by atoms with Crippen LogP contribution in [0.25, 0.3) is 53.4 Å². The van der Waals surface area contributed by atoms with Crippen LogP contribution in [0, 0.1) is 29.7 Å².